The molecular formula is C22H23NO4. The summed E-state index contributed by atoms with van der Waals surface area (Å²) in [4.78, 5) is 23.0. The highest BCUT2D eigenvalue weighted by Gasteiger charge is 2.18. The van der Waals surface area contributed by atoms with Crippen LogP contribution in [0.4, 0.5) is 4.79 Å². The fourth-order valence-corrected chi connectivity index (χ4v) is 3.35. The summed E-state index contributed by atoms with van der Waals surface area (Å²) in [5.41, 5.74) is 6.19. The number of ether oxygens (including phenoxy) is 1. The number of hydrogen-bond acceptors (Lipinski definition) is 3. The molecule has 2 aromatic rings. The van der Waals surface area contributed by atoms with Crippen molar-refractivity contribution in [3.8, 4) is 0 Å². The molecule has 0 saturated carbocycles. The second kappa shape index (κ2) is 8.54. The molecule has 5 heteroatoms. The van der Waals surface area contributed by atoms with Gasteiger partial charge in [-0.25, -0.2) is 4.79 Å². The van der Waals surface area contributed by atoms with Gasteiger partial charge in [0.1, 0.15) is 6.61 Å². The van der Waals surface area contributed by atoms with Crippen LogP contribution in [0, 0.1) is 6.92 Å². The van der Waals surface area contributed by atoms with Crippen molar-refractivity contribution in [1.82, 2.24) is 5.32 Å². The van der Waals surface area contributed by atoms with E-state index >= 15 is 0 Å². The molecule has 2 aromatic carbocycles. The molecule has 5 nitrogen and oxygen atoms in total. The van der Waals surface area contributed by atoms with Gasteiger partial charge in [-0.1, -0.05) is 42.5 Å². The summed E-state index contributed by atoms with van der Waals surface area (Å²) >= 11 is 0. The molecule has 0 spiro atoms. The van der Waals surface area contributed by atoms with Crippen molar-refractivity contribution >= 4 is 18.1 Å². The summed E-state index contributed by atoms with van der Waals surface area (Å²) < 4.78 is 5.27. The van der Waals surface area contributed by atoms with Crippen molar-refractivity contribution in [3.05, 3.63) is 76.0 Å². The van der Waals surface area contributed by atoms with Gasteiger partial charge in [-0.05, 0) is 60.1 Å². The summed E-state index contributed by atoms with van der Waals surface area (Å²) in [5.74, 6) is -0.790. The van der Waals surface area contributed by atoms with E-state index in [9.17, 15) is 9.59 Å². The third-order valence-electron chi connectivity index (χ3n) is 4.74. The standard InChI is InChI=1S/C22H23NO4/c1-15-7-8-17-13-18(9-10-20(17)19(15)11-12-21(24)25)23-22(26)27-14-16-5-3-2-4-6-16/h2-8,13H,9-12,14H2,1H3,(H,23,26)(H,24,25). The monoisotopic (exact) mass is 365 g/mol. The van der Waals surface area contributed by atoms with Crippen LogP contribution in [0.3, 0.4) is 0 Å². The highest BCUT2D eigenvalue weighted by molar-refractivity contribution is 5.73. The van der Waals surface area contributed by atoms with Gasteiger partial charge in [-0.15, -0.1) is 0 Å². The van der Waals surface area contributed by atoms with Gasteiger partial charge in [0.15, 0.2) is 0 Å². The molecule has 3 rings (SSSR count). The second-order valence-electron chi connectivity index (χ2n) is 6.68. The zero-order chi connectivity index (χ0) is 19.2. The Kier molecular flexibility index (Phi) is 5.91. The summed E-state index contributed by atoms with van der Waals surface area (Å²) in [7, 11) is 0. The van der Waals surface area contributed by atoms with Gasteiger partial charge in [-0.3, -0.25) is 10.1 Å². The summed E-state index contributed by atoms with van der Waals surface area (Å²) in [6.07, 6.45) is 3.60. The fourth-order valence-electron chi connectivity index (χ4n) is 3.35. The Morgan fingerprint density at radius 3 is 2.63 bits per heavy atom. The predicted octanol–water partition coefficient (Wildman–Crippen LogP) is 4.23. The van der Waals surface area contributed by atoms with E-state index in [2.05, 4.69) is 5.32 Å². The maximum Gasteiger partial charge on any atom is 0.411 e. The number of carbonyl (C=O) groups excluding carboxylic acids is 1. The molecule has 0 aromatic heterocycles. The van der Waals surface area contributed by atoms with E-state index in [1.165, 1.54) is 5.56 Å². The van der Waals surface area contributed by atoms with E-state index in [0.717, 1.165) is 34.4 Å². The molecule has 1 aliphatic rings. The van der Waals surface area contributed by atoms with Crippen molar-refractivity contribution in [2.75, 3.05) is 0 Å². The number of carbonyl (C=O) groups is 2. The Hall–Kier alpha value is -3.08. The van der Waals surface area contributed by atoms with Crippen LogP contribution in [0.1, 0.15) is 40.7 Å². The Morgan fingerprint density at radius 1 is 1.11 bits per heavy atom. The number of amides is 1. The number of fused-ring (bicyclic) bond motifs is 1. The Bertz CT molecular complexity index is 871. The minimum Gasteiger partial charge on any atom is -0.481 e. The second-order valence-corrected chi connectivity index (χ2v) is 6.68. The summed E-state index contributed by atoms with van der Waals surface area (Å²) in [6.45, 7) is 2.24. The fraction of sp³-hybridized carbons (Fsp3) is 0.273. The van der Waals surface area contributed by atoms with Gasteiger partial charge in [0, 0.05) is 12.1 Å². The summed E-state index contributed by atoms with van der Waals surface area (Å²) in [6, 6.07) is 13.6. The normalized spacial score (nSPS) is 12.7. The van der Waals surface area contributed by atoms with Crippen molar-refractivity contribution < 1.29 is 19.4 Å². The molecular weight excluding hydrogens is 342 g/mol. The van der Waals surface area contributed by atoms with Gasteiger partial charge < -0.3 is 9.84 Å². The van der Waals surface area contributed by atoms with Gasteiger partial charge in [-0.2, -0.15) is 0 Å². The lowest BCUT2D eigenvalue weighted by atomic mass is 9.87. The van der Waals surface area contributed by atoms with Gasteiger partial charge >= 0.3 is 12.1 Å². The smallest absolute Gasteiger partial charge is 0.411 e. The van der Waals surface area contributed by atoms with E-state index < -0.39 is 12.1 Å². The third-order valence-corrected chi connectivity index (χ3v) is 4.74. The number of carboxylic acids is 1. The first kappa shape index (κ1) is 18.7. The zero-order valence-electron chi connectivity index (χ0n) is 15.3. The molecule has 0 saturated heterocycles. The molecule has 0 bridgehead atoms. The van der Waals surface area contributed by atoms with Crippen molar-refractivity contribution in [2.45, 2.75) is 39.2 Å². The Labute approximate surface area is 158 Å². The number of carboxylic acid groups (broad SMARTS) is 1. The lowest BCUT2D eigenvalue weighted by Crippen LogP contribution is -2.25. The molecule has 0 aliphatic heterocycles. The van der Waals surface area contributed by atoms with E-state index in [4.69, 9.17) is 9.84 Å². The van der Waals surface area contributed by atoms with Gasteiger partial charge in [0.2, 0.25) is 0 Å². The van der Waals surface area contributed by atoms with Crippen LogP contribution in [0.5, 0.6) is 0 Å². The number of nitrogens with one attached hydrogen (secondary N) is 1. The lowest BCUT2D eigenvalue weighted by molar-refractivity contribution is -0.136. The first-order valence-corrected chi connectivity index (χ1v) is 9.04. The minimum atomic E-state index is -0.790. The Morgan fingerprint density at radius 2 is 1.89 bits per heavy atom. The van der Waals surface area contributed by atoms with Crippen LogP contribution < -0.4 is 5.32 Å². The number of alkyl carbamates (subject to hydrolysis) is 1. The number of aryl methyl sites for hydroxylation is 1. The van der Waals surface area contributed by atoms with Crippen molar-refractivity contribution in [2.24, 2.45) is 0 Å². The summed E-state index contributed by atoms with van der Waals surface area (Å²) in [5, 5.41) is 11.8. The van der Waals surface area contributed by atoms with E-state index in [-0.39, 0.29) is 13.0 Å². The van der Waals surface area contributed by atoms with Gasteiger partial charge in [0.05, 0.1) is 0 Å². The Balaban J connectivity index is 1.66. The van der Waals surface area contributed by atoms with Crippen molar-refractivity contribution in [3.63, 3.8) is 0 Å². The topological polar surface area (TPSA) is 75.6 Å². The quantitative estimate of drug-likeness (QED) is 0.803. The largest absolute Gasteiger partial charge is 0.481 e. The first-order chi connectivity index (χ1) is 13.0. The molecule has 0 fully saturated rings. The number of benzene rings is 2. The van der Waals surface area contributed by atoms with Crippen LogP contribution in [0.25, 0.3) is 6.08 Å². The van der Waals surface area contributed by atoms with Crippen LogP contribution in [0.2, 0.25) is 0 Å². The third kappa shape index (κ3) is 4.97. The maximum absolute atomic E-state index is 12.1. The number of hydrogen-bond donors (Lipinski definition) is 2. The molecule has 2 N–H and O–H groups in total. The highest BCUT2D eigenvalue weighted by Crippen LogP contribution is 2.29. The number of allylic oxidation sites excluding steroid dienone is 1. The molecule has 0 unspecified atom stereocenters. The minimum absolute atomic E-state index is 0.123. The highest BCUT2D eigenvalue weighted by atomic mass is 16.5. The molecule has 1 amide bonds. The molecule has 0 radical (unpaired) electrons. The predicted molar refractivity (Wildman–Crippen MR) is 103 cm³/mol. The van der Waals surface area contributed by atoms with Crippen LogP contribution in [0.15, 0.2) is 48.2 Å². The molecule has 0 heterocycles. The van der Waals surface area contributed by atoms with E-state index in [1.54, 1.807) is 0 Å². The number of aliphatic carboxylic acids is 1. The molecule has 1 aliphatic carbocycles. The van der Waals surface area contributed by atoms with E-state index in [1.807, 2.05) is 55.5 Å². The molecule has 0 atom stereocenters. The molecule has 140 valence electrons. The van der Waals surface area contributed by atoms with Crippen LogP contribution >= 0.6 is 0 Å². The SMILES string of the molecule is Cc1ccc2c(c1CCC(=O)O)CCC(NC(=O)OCc1ccccc1)=C2. The van der Waals surface area contributed by atoms with E-state index in [0.29, 0.717) is 12.8 Å². The lowest BCUT2D eigenvalue weighted by Gasteiger charge is -2.21. The average molecular weight is 365 g/mol. The molecule has 27 heavy (non-hydrogen) atoms. The zero-order valence-corrected chi connectivity index (χ0v) is 15.3. The van der Waals surface area contributed by atoms with Crippen LogP contribution in [-0.4, -0.2) is 17.2 Å². The average Bonchev–Trinajstić information content (AvgIpc) is 2.66. The first-order valence-electron chi connectivity index (χ1n) is 9.04. The maximum atomic E-state index is 12.1. The van der Waals surface area contributed by atoms with Gasteiger partial charge in [0.25, 0.3) is 0 Å². The van der Waals surface area contributed by atoms with Crippen LogP contribution in [-0.2, 0) is 29.0 Å². The number of rotatable bonds is 6. The van der Waals surface area contributed by atoms with Crippen molar-refractivity contribution in [1.29, 1.82) is 0 Å².